The SMILES string of the molecule is CC.Cc1ccc(C[C@@H](CC(=O)O)C(=O)O)cc1.Cc1ccccc1. The van der Waals surface area contributed by atoms with Gasteiger partial charge in [0, 0.05) is 0 Å². The number of carbonyl (C=O) groups is 2. The number of carboxylic acids is 2. The lowest BCUT2D eigenvalue weighted by molar-refractivity contribution is -0.148. The molecule has 2 aromatic carbocycles. The molecule has 25 heavy (non-hydrogen) atoms. The molecule has 2 aromatic rings. The fourth-order valence-electron chi connectivity index (χ4n) is 2.00. The van der Waals surface area contributed by atoms with Crippen LogP contribution in [0.3, 0.4) is 0 Å². The van der Waals surface area contributed by atoms with Gasteiger partial charge in [0.25, 0.3) is 0 Å². The molecular formula is C21H28O4. The number of hydrogen-bond acceptors (Lipinski definition) is 2. The van der Waals surface area contributed by atoms with Crippen LogP contribution < -0.4 is 0 Å². The van der Waals surface area contributed by atoms with Gasteiger partial charge in [-0.05, 0) is 25.8 Å². The Morgan fingerprint density at radius 1 is 0.840 bits per heavy atom. The first-order valence-electron chi connectivity index (χ1n) is 8.40. The monoisotopic (exact) mass is 344 g/mol. The van der Waals surface area contributed by atoms with Crippen LogP contribution >= 0.6 is 0 Å². The van der Waals surface area contributed by atoms with Gasteiger partial charge in [-0.1, -0.05) is 79.6 Å². The van der Waals surface area contributed by atoms with Gasteiger partial charge in [0.2, 0.25) is 0 Å². The van der Waals surface area contributed by atoms with Crippen molar-refractivity contribution in [2.24, 2.45) is 5.92 Å². The second kappa shape index (κ2) is 12.8. The molecule has 0 aliphatic heterocycles. The van der Waals surface area contributed by atoms with Gasteiger partial charge in [-0.2, -0.15) is 0 Å². The molecule has 4 nitrogen and oxygen atoms in total. The molecule has 0 unspecified atom stereocenters. The predicted octanol–water partition coefficient (Wildman–Crippen LogP) is 4.73. The largest absolute Gasteiger partial charge is 0.481 e. The zero-order valence-electron chi connectivity index (χ0n) is 15.4. The molecule has 0 fully saturated rings. The third-order valence-corrected chi connectivity index (χ3v) is 3.31. The average molecular weight is 344 g/mol. The summed E-state index contributed by atoms with van der Waals surface area (Å²) in [6.45, 7) is 8.02. The molecule has 0 aliphatic rings. The Labute approximate surface area is 150 Å². The lowest BCUT2D eigenvalue weighted by atomic mass is 9.96. The minimum atomic E-state index is -1.08. The smallest absolute Gasteiger partial charge is 0.307 e. The maximum Gasteiger partial charge on any atom is 0.307 e. The van der Waals surface area contributed by atoms with Crippen molar-refractivity contribution in [1.82, 2.24) is 0 Å². The molecule has 0 bridgehead atoms. The highest BCUT2D eigenvalue weighted by atomic mass is 16.4. The van der Waals surface area contributed by atoms with Crippen molar-refractivity contribution < 1.29 is 19.8 Å². The second-order valence-electron chi connectivity index (χ2n) is 5.48. The molecule has 4 heteroatoms. The van der Waals surface area contributed by atoms with E-state index >= 15 is 0 Å². The van der Waals surface area contributed by atoms with E-state index in [-0.39, 0.29) is 12.8 Å². The van der Waals surface area contributed by atoms with E-state index < -0.39 is 17.9 Å². The Balaban J connectivity index is 0.000000530. The first-order chi connectivity index (χ1) is 11.9. The third-order valence-electron chi connectivity index (χ3n) is 3.31. The summed E-state index contributed by atoms with van der Waals surface area (Å²) in [5.41, 5.74) is 3.26. The van der Waals surface area contributed by atoms with Crippen LogP contribution in [0.25, 0.3) is 0 Å². The fourth-order valence-corrected chi connectivity index (χ4v) is 2.00. The molecule has 2 rings (SSSR count). The van der Waals surface area contributed by atoms with Gasteiger partial charge in [0.05, 0.1) is 12.3 Å². The van der Waals surface area contributed by atoms with Crippen LogP contribution in [0.5, 0.6) is 0 Å². The Morgan fingerprint density at radius 2 is 1.32 bits per heavy atom. The van der Waals surface area contributed by atoms with Crippen molar-refractivity contribution >= 4 is 11.9 Å². The highest BCUT2D eigenvalue weighted by Crippen LogP contribution is 2.13. The molecule has 1 atom stereocenters. The summed E-state index contributed by atoms with van der Waals surface area (Å²) < 4.78 is 0. The number of aliphatic carboxylic acids is 2. The molecule has 0 spiro atoms. The van der Waals surface area contributed by atoms with Crippen molar-refractivity contribution in [1.29, 1.82) is 0 Å². The molecule has 0 saturated carbocycles. The lowest BCUT2D eigenvalue weighted by Crippen LogP contribution is -2.20. The molecule has 2 N–H and O–H groups in total. The van der Waals surface area contributed by atoms with Crippen LogP contribution in [-0.2, 0) is 16.0 Å². The van der Waals surface area contributed by atoms with Gasteiger partial charge in [-0.25, -0.2) is 0 Å². The van der Waals surface area contributed by atoms with E-state index in [1.807, 2.05) is 63.2 Å². The first kappa shape index (κ1) is 22.4. The van der Waals surface area contributed by atoms with Crippen molar-refractivity contribution in [2.45, 2.75) is 40.5 Å². The van der Waals surface area contributed by atoms with Gasteiger partial charge >= 0.3 is 11.9 Å². The number of aryl methyl sites for hydroxylation is 2. The van der Waals surface area contributed by atoms with E-state index in [1.54, 1.807) is 0 Å². The van der Waals surface area contributed by atoms with E-state index in [9.17, 15) is 9.59 Å². The summed E-state index contributed by atoms with van der Waals surface area (Å²) in [6, 6.07) is 17.7. The first-order valence-corrected chi connectivity index (χ1v) is 8.40. The molecule has 0 heterocycles. The van der Waals surface area contributed by atoms with Crippen LogP contribution in [0.4, 0.5) is 0 Å². The van der Waals surface area contributed by atoms with Crippen LogP contribution in [0.2, 0.25) is 0 Å². The molecule has 0 radical (unpaired) electrons. The van der Waals surface area contributed by atoms with Crippen LogP contribution in [0.15, 0.2) is 54.6 Å². The minimum absolute atomic E-state index is 0.252. The second-order valence-corrected chi connectivity index (χ2v) is 5.48. The van der Waals surface area contributed by atoms with Gasteiger partial charge in [0.1, 0.15) is 0 Å². The van der Waals surface area contributed by atoms with Crippen LogP contribution in [-0.4, -0.2) is 22.2 Å². The van der Waals surface area contributed by atoms with Gasteiger partial charge in [-0.15, -0.1) is 0 Å². The van der Waals surface area contributed by atoms with Crippen molar-refractivity contribution in [2.75, 3.05) is 0 Å². The van der Waals surface area contributed by atoms with Gasteiger partial charge in [-0.3, -0.25) is 9.59 Å². The Morgan fingerprint density at radius 3 is 1.68 bits per heavy atom. The molecule has 0 saturated heterocycles. The number of benzene rings is 2. The zero-order chi connectivity index (χ0) is 19.2. The van der Waals surface area contributed by atoms with E-state index in [1.165, 1.54) is 5.56 Å². The standard InChI is InChI=1S/C12H14O4.C7H8.C2H6/c1-8-2-4-9(5-3-8)6-10(12(15)16)7-11(13)14;1-7-5-3-2-4-6-7;1-2/h2-5,10H,6-7H2,1H3,(H,13,14)(H,15,16);2-6H,1H3;1-2H3/t10-;;/m0../s1. The number of rotatable bonds is 5. The van der Waals surface area contributed by atoms with Crippen LogP contribution in [0, 0.1) is 19.8 Å². The Bertz CT molecular complexity index is 618. The lowest BCUT2D eigenvalue weighted by Gasteiger charge is -2.09. The normalized spacial score (nSPS) is 10.4. The predicted molar refractivity (Wildman–Crippen MR) is 101 cm³/mol. The summed E-state index contributed by atoms with van der Waals surface area (Å²) in [4.78, 5) is 21.3. The number of hydrogen-bond donors (Lipinski definition) is 2. The summed E-state index contributed by atoms with van der Waals surface area (Å²) in [6.07, 6.45) is -0.0921. The van der Waals surface area contributed by atoms with Crippen LogP contribution in [0.1, 0.15) is 37.0 Å². The van der Waals surface area contributed by atoms with Crippen molar-refractivity contribution in [3.8, 4) is 0 Å². The highest BCUT2D eigenvalue weighted by molar-refractivity contribution is 5.78. The summed E-state index contributed by atoms with van der Waals surface area (Å²) >= 11 is 0. The van der Waals surface area contributed by atoms with Gasteiger partial charge < -0.3 is 10.2 Å². The topological polar surface area (TPSA) is 74.6 Å². The minimum Gasteiger partial charge on any atom is -0.481 e. The third kappa shape index (κ3) is 10.7. The maximum atomic E-state index is 10.8. The molecule has 0 aromatic heterocycles. The van der Waals surface area contributed by atoms with E-state index in [0.29, 0.717) is 0 Å². The molecule has 0 amide bonds. The molecule has 136 valence electrons. The van der Waals surface area contributed by atoms with Gasteiger partial charge in [0.15, 0.2) is 0 Å². The average Bonchev–Trinajstić information content (AvgIpc) is 2.59. The molecule has 0 aliphatic carbocycles. The summed E-state index contributed by atoms with van der Waals surface area (Å²) in [5, 5.41) is 17.5. The zero-order valence-corrected chi connectivity index (χ0v) is 15.4. The summed E-state index contributed by atoms with van der Waals surface area (Å²) in [7, 11) is 0. The highest BCUT2D eigenvalue weighted by Gasteiger charge is 2.21. The van der Waals surface area contributed by atoms with E-state index in [2.05, 4.69) is 19.1 Å². The quantitative estimate of drug-likeness (QED) is 0.822. The maximum absolute atomic E-state index is 10.8. The van der Waals surface area contributed by atoms with E-state index in [4.69, 9.17) is 10.2 Å². The van der Waals surface area contributed by atoms with Crippen molar-refractivity contribution in [3.63, 3.8) is 0 Å². The fraction of sp³-hybridized carbons (Fsp3) is 0.333. The Kier molecular flexibility index (Phi) is 11.4. The molecular weight excluding hydrogens is 316 g/mol. The van der Waals surface area contributed by atoms with Crippen molar-refractivity contribution in [3.05, 3.63) is 71.3 Å². The summed E-state index contributed by atoms with van der Waals surface area (Å²) in [5.74, 6) is -3.01. The Hall–Kier alpha value is -2.62. The van der Waals surface area contributed by atoms with E-state index in [0.717, 1.165) is 11.1 Å². The number of carboxylic acid groups (broad SMARTS) is 2.